The van der Waals surface area contributed by atoms with Crippen LogP contribution < -0.4 is 21.5 Å². The quantitative estimate of drug-likeness (QED) is 0.452. The molecule has 0 aliphatic heterocycles. The number of halogens is 3. The van der Waals surface area contributed by atoms with Gasteiger partial charge in [0.05, 0.1) is 12.8 Å². The molecule has 0 spiro atoms. The van der Waals surface area contributed by atoms with Crippen LogP contribution in [0.25, 0.3) is 11.1 Å². The first-order valence-electron chi connectivity index (χ1n) is 7.36. The minimum atomic E-state index is 0. The SMILES string of the molecule is COc1ccc(Cl)cc1NCc1cscc1-c1cc(N)ccc1N.Cl.Cl. The van der Waals surface area contributed by atoms with Crippen molar-refractivity contribution in [2.24, 2.45) is 0 Å². The molecule has 140 valence electrons. The zero-order chi connectivity index (χ0) is 17.1. The van der Waals surface area contributed by atoms with Crippen LogP contribution in [0.4, 0.5) is 17.1 Å². The van der Waals surface area contributed by atoms with Crippen molar-refractivity contribution in [1.82, 2.24) is 0 Å². The topological polar surface area (TPSA) is 73.3 Å². The summed E-state index contributed by atoms with van der Waals surface area (Å²) >= 11 is 7.71. The van der Waals surface area contributed by atoms with E-state index in [1.54, 1.807) is 30.6 Å². The maximum atomic E-state index is 6.11. The van der Waals surface area contributed by atoms with Crippen LogP contribution in [0, 0.1) is 0 Å². The number of ether oxygens (including phenoxy) is 1. The molecule has 8 heteroatoms. The van der Waals surface area contributed by atoms with E-state index in [-0.39, 0.29) is 24.8 Å². The minimum absolute atomic E-state index is 0. The van der Waals surface area contributed by atoms with Crippen LogP contribution in [-0.4, -0.2) is 7.11 Å². The maximum absolute atomic E-state index is 6.11. The third-order valence-electron chi connectivity index (χ3n) is 3.74. The van der Waals surface area contributed by atoms with Gasteiger partial charge in [0.2, 0.25) is 0 Å². The van der Waals surface area contributed by atoms with E-state index in [9.17, 15) is 0 Å². The van der Waals surface area contributed by atoms with Crippen molar-refractivity contribution < 1.29 is 4.74 Å². The van der Waals surface area contributed by atoms with Crippen molar-refractivity contribution in [3.8, 4) is 16.9 Å². The second kappa shape index (κ2) is 9.78. The molecular weight excluding hydrogens is 413 g/mol. The molecule has 1 aromatic heterocycles. The number of nitrogen functional groups attached to an aromatic ring is 2. The minimum Gasteiger partial charge on any atom is -0.495 e. The van der Waals surface area contributed by atoms with Gasteiger partial charge in [0.1, 0.15) is 5.75 Å². The molecule has 0 aliphatic rings. The lowest BCUT2D eigenvalue weighted by Crippen LogP contribution is -2.02. The van der Waals surface area contributed by atoms with Crippen LogP contribution in [0.5, 0.6) is 5.75 Å². The first-order valence-corrected chi connectivity index (χ1v) is 8.68. The van der Waals surface area contributed by atoms with Crippen LogP contribution >= 0.6 is 47.8 Å². The lowest BCUT2D eigenvalue weighted by Gasteiger charge is -2.13. The number of nitrogens with two attached hydrogens (primary N) is 2. The smallest absolute Gasteiger partial charge is 0.142 e. The van der Waals surface area contributed by atoms with E-state index >= 15 is 0 Å². The summed E-state index contributed by atoms with van der Waals surface area (Å²) in [5, 5.41) is 8.21. The number of methoxy groups -OCH3 is 1. The number of hydrogen-bond acceptors (Lipinski definition) is 5. The number of rotatable bonds is 5. The third kappa shape index (κ3) is 4.89. The summed E-state index contributed by atoms with van der Waals surface area (Å²) in [5.41, 5.74) is 17.4. The van der Waals surface area contributed by atoms with Gasteiger partial charge >= 0.3 is 0 Å². The van der Waals surface area contributed by atoms with Gasteiger partial charge in [-0.25, -0.2) is 0 Å². The fourth-order valence-electron chi connectivity index (χ4n) is 2.51. The molecule has 0 radical (unpaired) electrons. The van der Waals surface area contributed by atoms with Gasteiger partial charge in [-0.1, -0.05) is 11.6 Å². The van der Waals surface area contributed by atoms with E-state index in [0.29, 0.717) is 22.9 Å². The monoisotopic (exact) mass is 431 g/mol. The van der Waals surface area contributed by atoms with Crippen LogP contribution in [0.3, 0.4) is 0 Å². The highest BCUT2D eigenvalue weighted by Crippen LogP contribution is 2.34. The number of nitrogens with one attached hydrogen (secondary N) is 1. The summed E-state index contributed by atoms with van der Waals surface area (Å²) in [7, 11) is 1.64. The Morgan fingerprint density at radius 3 is 2.54 bits per heavy atom. The molecule has 0 unspecified atom stereocenters. The molecule has 26 heavy (non-hydrogen) atoms. The Morgan fingerprint density at radius 2 is 1.81 bits per heavy atom. The summed E-state index contributed by atoms with van der Waals surface area (Å²) in [5.74, 6) is 0.750. The van der Waals surface area contributed by atoms with Gasteiger partial charge in [0, 0.05) is 28.5 Å². The summed E-state index contributed by atoms with van der Waals surface area (Å²) in [4.78, 5) is 0. The Balaban J connectivity index is 0.00000169. The van der Waals surface area contributed by atoms with E-state index in [4.69, 9.17) is 27.8 Å². The molecule has 3 rings (SSSR count). The van der Waals surface area contributed by atoms with Crippen LogP contribution in [0.2, 0.25) is 5.02 Å². The molecule has 5 N–H and O–H groups in total. The molecule has 0 aliphatic carbocycles. The fourth-order valence-corrected chi connectivity index (χ4v) is 3.54. The normalized spacial score (nSPS) is 9.77. The predicted molar refractivity (Wildman–Crippen MR) is 118 cm³/mol. The number of benzene rings is 2. The summed E-state index contributed by atoms with van der Waals surface area (Å²) in [6, 6.07) is 11.0. The lowest BCUT2D eigenvalue weighted by molar-refractivity contribution is 0.416. The van der Waals surface area contributed by atoms with E-state index in [0.717, 1.165) is 28.1 Å². The molecule has 0 amide bonds. The molecule has 3 aromatic rings. The van der Waals surface area contributed by atoms with Gasteiger partial charge in [0.25, 0.3) is 0 Å². The summed E-state index contributed by atoms with van der Waals surface area (Å²) < 4.78 is 5.36. The van der Waals surface area contributed by atoms with Crippen LogP contribution in [0.1, 0.15) is 5.56 Å². The molecule has 2 aromatic carbocycles. The van der Waals surface area contributed by atoms with Crippen LogP contribution in [-0.2, 0) is 6.54 Å². The Kier molecular flexibility index (Phi) is 8.37. The Bertz CT molecular complexity index is 871. The zero-order valence-electron chi connectivity index (χ0n) is 14.0. The molecule has 4 nitrogen and oxygen atoms in total. The van der Waals surface area contributed by atoms with Gasteiger partial charge < -0.3 is 21.5 Å². The van der Waals surface area contributed by atoms with Crippen molar-refractivity contribution in [1.29, 1.82) is 0 Å². The van der Waals surface area contributed by atoms with Crippen molar-refractivity contribution in [2.45, 2.75) is 6.54 Å². The summed E-state index contributed by atoms with van der Waals surface area (Å²) in [6.45, 7) is 0.629. The standard InChI is InChI=1S/C18H18ClN3OS.2ClH/c1-23-18-5-2-12(19)6-17(18)22-8-11-9-24-10-15(11)14-7-13(20)3-4-16(14)21;;/h2-7,9-10,22H,8,20-21H2,1H3;2*1H. The van der Waals surface area contributed by atoms with Gasteiger partial charge in [-0.05, 0) is 58.3 Å². The number of hydrogen-bond donors (Lipinski definition) is 3. The maximum Gasteiger partial charge on any atom is 0.142 e. The van der Waals surface area contributed by atoms with Gasteiger partial charge in [-0.2, -0.15) is 11.3 Å². The number of thiophene rings is 1. The highest BCUT2D eigenvalue weighted by atomic mass is 35.5. The second-order valence-electron chi connectivity index (χ2n) is 5.36. The molecular formula is C18H20Cl3N3OS. The highest BCUT2D eigenvalue weighted by molar-refractivity contribution is 7.08. The first kappa shape index (κ1) is 22.3. The molecule has 1 heterocycles. The largest absolute Gasteiger partial charge is 0.495 e. The number of anilines is 3. The molecule has 0 fully saturated rings. The predicted octanol–water partition coefficient (Wildman–Crippen LogP) is 5.70. The van der Waals surface area contributed by atoms with Gasteiger partial charge in [-0.3, -0.25) is 0 Å². The van der Waals surface area contributed by atoms with Crippen molar-refractivity contribution in [3.05, 3.63) is 57.7 Å². The lowest BCUT2D eigenvalue weighted by atomic mass is 10.0. The Morgan fingerprint density at radius 1 is 1.04 bits per heavy atom. The van der Waals surface area contributed by atoms with E-state index in [2.05, 4.69) is 16.1 Å². The second-order valence-corrected chi connectivity index (χ2v) is 6.54. The zero-order valence-corrected chi connectivity index (χ0v) is 17.2. The third-order valence-corrected chi connectivity index (χ3v) is 4.77. The molecule has 0 atom stereocenters. The van der Waals surface area contributed by atoms with E-state index in [1.807, 2.05) is 24.3 Å². The van der Waals surface area contributed by atoms with E-state index < -0.39 is 0 Å². The van der Waals surface area contributed by atoms with E-state index in [1.165, 1.54) is 0 Å². The average Bonchev–Trinajstić information content (AvgIpc) is 3.03. The first-order chi connectivity index (χ1) is 11.6. The van der Waals surface area contributed by atoms with Crippen molar-refractivity contribution in [3.63, 3.8) is 0 Å². The molecule has 0 saturated heterocycles. The van der Waals surface area contributed by atoms with Gasteiger partial charge in [-0.15, -0.1) is 24.8 Å². The van der Waals surface area contributed by atoms with Crippen molar-refractivity contribution >= 4 is 64.8 Å². The van der Waals surface area contributed by atoms with Gasteiger partial charge in [0.15, 0.2) is 0 Å². The van der Waals surface area contributed by atoms with Crippen molar-refractivity contribution in [2.75, 3.05) is 23.9 Å². The highest BCUT2D eigenvalue weighted by Gasteiger charge is 2.11. The Labute approximate surface area is 174 Å². The molecule has 0 saturated carbocycles. The Hall–Kier alpha value is -1.79. The summed E-state index contributed by atoms with van der Waals surface area (Å²) in [6.07, 6.45) is 0. The average molecular weight is 433 g/mol. The molecule has 0 bridgehead atoms. The fraction of sp³-hybridized carbons (Fsp3) is 0.111. The van der Waals surface area contributed by atoms with Crippen LogP contribution in [0.15, 0.2) is 47.2 Å².